The van der Waals surface area contributed by atoms with Gasteiger partial charge in [-0.2, -0.15) is 4.98 Å². The van der Waals surface area contributed by atoms with E-state index >= 15 is 0 Å². The first-order valence-electron chi connectivity index (χ1n) is 8.51. The van der Waals surface area contributed by atoms with Gasteiger partial charge in [-0.1, -0.05) is 24.3 Å². The van der Waals surface area contributed by atoms with Crippen molar-refractivity contribution in [3.63, 3.8) is 0 Å². The summed E-state index contributed by atoms with van der Waals surface area (Å²) < 4.78 is 8.44. The molecule has 3 rings (SSSR count). The fraction of sp³-hybridized carbons (Fsp3) is 0.389. The molecule has 0 atom stereocenters. The number of benzene rings is 1. The third kappa shape index (κ3) is 4.24. The summed E-state index contributed by atoms with van der Waals surface area (Å²) in [7, 11) is 0. The molecule has 0 aliphatic heterocycles. The van der Waals surface area contributed by atoms with E-state index in [4.69, 9.17) is 4.74 Å². The topological polar surface area (TPSA) is 68.5 Å². The number of thiazole rings is 1. The lowest BCUT2D eigenvalue weighted by Crippen LogP contribution is -2.14. The van der Waals surface area contributed by atoms with Crippen LogP contribution in [0.5, 0.6) is 5.75 Å². The quantitative estimate of drug-likeness (QED) is 0.552. The van der Waals surface area contributed by atoms with E-state index in [2.05, 4.69) is 44.3 Å². The Morgan fingerprint density at radius 1 is 1.38 bits per heavy atom. The number of amides is 1. The van der Waals surface area contributed by atoms with Crippen LogP contribution in [0, 0.1) is 13.8 Å². The van der Waals surface area contributed by atoms with E-state index in [0.29, 0.717) is 25.4 Å². The van der Waals surface area contributed by atoms with Gasteiger partial charge < -0.3 is 4.74 Å². The second-order valence-corrected chi connectivity index (χ2v) is 8.03. The number of fused-ring (bicyclic) bond motifs is 1. The van der Waals surface area contributed by atoms with Crippen LogP contribution in [0.15, 0.2) is 22.7 Å². The van der Waals surface area contributed by atoms with Crippen molar-refractivity contribution >= 4 is 44.1 Å². The van der Waals surface area contributed by atoms with Gasteiger partial charge in [-0.3, -0.25) is 10.1 Å². The maximum absolute atomic E-state index is 12.1. The molecule has 0 aliphatic rings. The number of carbonyl (C=O) groups is 1. The molecule has 8 heteroatoms. The Morgan fingerprint density at radius 2 is 2.19 bits per heavy atom. The SMILES string of the molecule is CCc1ccc(OCCCC(=O)Nc2nc3sc(C)c(C)n3n2)c(Br)c1. The molecule has 0 aliphatic carbocycles. The average molecular weight is 437 g/mol. The standard InChI is InChI=1S/C18H21BrN4O2S/c1-4-13-7-8-15(14(19)10-13)25-9-5-6-16(24)20-17-21-18-23(22-17)11(2)12(3)26-18/h7-8,10H,4-6,9H2,1-3H3,(H,20,22,24). The maximum Gasteiger partial charge on any atom is 0.250 e. The van der Waals surface area contributed by atoms with Crippen LogP contribution in [-0.4, -0.2) is 27.1 Å². The molecule has 1 N–H and O–H groups in total. The van der Waals surface area contributed by atoms with Crippen molar-refractivity contribution in [2.24, 2.45) is 0 Å². The number of aryl methyl sites for hydroxylation is 3. The molecule has 138 valence electrons. The summed E-state index contributed by atoms with van der Waals surface area (Å²) in [6.07, 6.45) is 1.96. The lowest BCUT2D eigenvalue weighted by Gasteiger charge is -2.09. The van der Waals surface area contributed by atoms with Gasteiger partial charge in [0.1, 0.15) is 5.75 Å². The molecule has 26 heavy (non-hydrogen) atoms. The molecular formula is C18H21BrN4O2S. The van der Waals surface area contributed by atoms with Crippen molar-refractivity contribution in [2.45, 2.75) is 40.0 Å². The van der Waals surface area contributed by atoms with E-state index < -0.39 is 0 Å². The minimum Gasteiger partial charge on any atom is -0.492 e. The molecule has 6 nitrogen and oxygen atoms in total. The molecule has 0 saturated heterocycles. The Balaban J connectivity index is 1.46. The fourth-order valence-corrected chi connectivity index (χ4v) is 3.92. The van der Waals surface area contributed by atoms with E-state index in [0.717, 1.165) is 27.3 Å². The van der Waals surface area contributed by atoms with Gasteiger partial charge in [0.2, 0.25) is 16.8 Å². The van der Waals surface area contributed by atoms with Gasteiger partial charge in [0.05, 0.1) is 16.8 Å². The summed E-state index contributed by atoms with van der Waals surface area (Å²) in [6, 6.07) is 6.06. The van der Waals surface area contributed by atoms with Crippen molar-refractivity contribution in [1.82, 2.24) is 14.6 Å². The Labute approximate surface area is 164 Å². The first-order valence-corrected chi connectivity index (χ1v) is 10.1. The number of anilines is 1. The summed E-state index contributed by atoms with van der Waals surface area (Å²) in [5, 5.41) is 7.07. The van der Waals surface area contributed by atoms with Crippen LogP contribution < -0.4 is 10.1 Å². The van der Waals surface area contributed by atoms with Crippen molar-refractivity contribution in [2.75, 3.05) is 11.9 Å². The lowest BCUT2D eigenvalue weighted by molar-refractivity contribution is -0.116. The van der Waals surface area contributed by atoms with Crippen LogP contribution in [-0.2, 0) is 11.2 Å². The monoisotopic (exact) mass is 436 g/mol. The number of halogens is 1. The predicted octanol–water partition coefficient (Wildman–Crippen LogP) is 4.53. The summed E-state index contributed by atoms with van der Waals surface area (Å²) in [5.41, 5.74) is 2.30. The number of carbonyl (C=O) groups excluding carboxylic acids is 1. The molecule has 1 amide bonds. The van der Waals surface area contributed by atoms with Gasteiger partial charge >= 0.3 is 0 Å². The molecule has 0 radical (unpaired) electrons. The third-order valence-corrected chi connectivity index (χ3v) is 5.78. The number of rotatable bonds is 7. The Kier molecular flexibility index (Phi) is 5.93. The lowest BCUT2D eigenvalue weighted by atomic mass is 10.2. The van der Waals surface area contributed by atoms with Crippen LogP contribution in [0.4, 0.5) is 5.95 Å². The molecule has 0 bridgehead atoms. The first-order chi connectivity index (χ1) is 12.5. The molecule has 0 saturated carbocycles. The molecule has 0 unspecified atom stereocenters. The van der Waals surface area contributed by atoms with Gasteiger partial charge in [0.25, 0.3) is 0 Å². The zero-order valence-corrected chi connectivity index (χ0v) is 17.4. The number of hydrogen-bond acceptors (Lipinski definition) is 5. The van der Waals surface area contributed by atoms with Crippen molar-refractivity contribution < 1.29 is 9.53 Å². The van der Waals surface area contributed by atoms with Crippen molar-refractivity contribution in [1.29, 1.82) is 0 Å². The zero-order valence-electron chi connectivity index (χ0n) is 15.0. The van der Waals surface area contributed by atoms with E-state index in [1.165, 1.54) is 10.4 Å². The molecule has 0 fully saturated rings. The second kappa shape index (κ2) is 8.18. The van der Waals surface area contributed by atoms with Crippen LogP contribution in [0.2, 0.25) is 0 Å². The smallest absolute Gasteiger partial charge is 0.250 e. The minimum absolute atomic E-state index is 0.110. The van der Waals surface area contributed by atoms with E-state index in [9.17, 15) is 4.79 Å². The van der Waals surface area contributed by atoms with Crippen LogP contribution in [0.3, 0.4) is 0 Å². The zero-order chi connectivity index (χ0) is 18.7. The van der Waals surface area contributed by atoms with Gasteiger partial charge in [-0.15, -0.1) is 5.10 Å². The van der Waals surface area contributed by atoms with Crippen molar-refractivity contribution in [3.8, 4) is 5.75 Å². The third-order valence-electron chi connectivity index (χ3n) is 4.11. The number of nitrogens with zero attached hydrogens (tertiary/aromatic N) is 3. The molecule has 1 aromatic carbocycles. The number of ether oxygens (including phenoxy) is 1. The van der Waals surface area contributed by atoms with Gasteiger partial charge in [0, 0.05) is 11.3 Å². The van der Waals surface area contributed by atoms with Crippen LogP contribution >= 0.6 is 27.3 Å². The Hall–Kier alpha value is -1.93. The van der Waals surface area contributed by atoms with E-state index in [-0.39, 0.29) is 5.91 Å². The summed E-state index contributed by atoms with van der Waals surface area (Å²) >= 11 is 5.08. The minimum atomic E-state index is -0.110. The highest BCUT2D eigenvalue weighted by Gasteiger charge is 2.12. The highest BCUT2D eigenvalue weighted by molar-refractivity contribution is 9.10. The summed E-state index contributed by atoms with van der Waals surface area (Å²) in [4.78, 5) is 18.4. The van der Waals surface area contributed by atoms with Crippen LogP contribution in [0.25, 0.3) is 4.96 Å². The van der Waals surface area contributed by atoms with Gasteiger partial charge in [-0.05, 0) is 60.3 Å². The molecule has 0 spiro atoms. The molecule has 3 aromatic rings. The molecular weight excluding hydrogens is 416 g/mol. The highest BCUT2D eigenvalue weighted by atomic mass is 79.9. The first kappa shape index (κ1) is 18.8. The van der Waals surface area contributed by atoms with Gasteiger partial charge in [0.15, 0.2) is 0 Å². The predicted molar refractivity (Wildman–Crippen MR) is 107 cm³/mol. The Morgan fingerprint density at radius 3 is 2.88 bits per heavy atom. The second-order valence-electron chi connectivity index (χ2n) is 5.99. The van der Waals surface area contributed by atoms with E-state index in [1.54, 1.807) is 15.9 Å². The fourth-order valence-electron chi connectivity index (χ4n) is 2.48. The molecule has 2 aromatic heterocycles. The highest BCUT2D eigenvalue weighted by Crippen LogP contribution is 2.26. The van der Waals surface area contributed by atoms with Gasteiger partial charge in [-0.25, -0.2) is 4.52 Å². The normalized spacial score (nSPS) is 11.1. The van der Waals surface area contributed by atoms with E-state index in [1.807, 2.05) is 26.0 Å². The summed E-state index contributed by atoms with van der Waals surface area (Å²) in [6.45, 7) is 6.61. The summed E-state index contributed by atoms with van der Waals surface area (Å²) in [5.74, 6) is 1.04. The van der Waals surface area contributed by atoms with Crippen LogP contribution in [0.1, 0.15) is 35.9 Å². The number of aromatic nitrogens is 3. The largest absolute Gasteiger partial charge is 0.492 e. The number of hydrogen-bond donors (Lipinski definition) is 1. The van der Waals surface area contributed by atoms with Crippen molar-refractivity contribution in [3.05, 3.63) is 38.8 Å². The maximum atomic E-state index is 12.1. The Bertz CT molecular complexity index is 935. The average Bonchev–Trinajstić information content (AvgIpc) is 3.11. The molecule has 2 heterocycles. The number of nitrogens with one attached hydrogen (secondary N) is 1.